The lowest BCUT2D eigenvalue weighted by molar-refractivity contribution is 0.247. The Bertz CT molecular complexity index is 324. The first-order chi connectivity index (χ1) is 5.50. The summed E-state index contributed by atoms with van der Waals surface area (Å²) in [6, 6.07) is -0.716. The van der Waals surface area contributed by atoms with Crippen LogP contribution in [0.5, 0.6) is 0 Å². The molecule has 12 heavy (non-hydrogen) atoms. The van der Waals surface area contributed by atoms with Crippen molar-refractivity contribution in [2.45, 2.75) is 24.3 Å². The first-order valence-electron chi connectivity index (χ1n) is 3.79. The van der Waals surface area contributed by atoms with Gasteiger partial charge in [0, 0.05) is 0 Å². The summed E-state index contributed by atoms with van der Waals surface area (Å²) in [6.45, 7) is 1.63. The minimum absolute atomic E-state index is 0.0670. The van der Waals surface area contributed by atoms with Crippen LogP contribution in [0.15, 0.2) is 0 Å². The molecule has 0 saturated carbocycles. The summed E-state index contributed by atoms with van der Waals surface area (Å²) >= 11 is 0. The van der Waals surface area contributed by atoms with Gasteiger partial charge in [-0.3, -0.25) is 0 Å². The Morgan fingerprint density at radius 3 is 2.67 bits per heavy atom. The van der Waals surface area contributed by atoms with Crippen molar-refractivity contribution in [1.29, 1.82) is 0 Å². The molecule has 2 aliphatic rings. The topological polar surface area (TPSA) is 75.3 Å². The Morgan fingerprint density at radius 1 is 1.42 bits per heavy atom. The van der Waals surface area contributed by atoms with E-state index >= 15 is 0 Å². The maximum absolute atomic E-state index is 11.3. The van der Waals surface area contributed by atoms with Gasteiger partial charge in [0.1, 0.15) is 0 Å². The molecule has 0 aromatic heterocycles. The molecule has 2 fully saturated rings. The Balaban J connectivity index is 2.30. The number of fused-ring (bicyclic) bond motifs is 1. The Labute approximate surface area is 70.4 Å². The summed E-state index contributed by atoms with van der Waals surface area (Å²) in [5, 5.41) is 4.71. The van der Waals surface area contributed by atoms with Gasteiger partial charge in [-0.1, -0.05) is 0 Å². The molecule has 0 aromatic carbocycles. The summed E-state index contributed by atoms with van der Waals surface area (Å²) in [7, 11) is -2.98. The molecule has 6 heteroatoms. The van der Waals surface area contributed by atoms with Crippen molar-refractivity contribution in [1.82, 2.24) is 10.6 Å². The van der Waals surface area contributed by atoms with E-state index in [-0.39, 0.29) is 23.9 Å². The molecular formula is C6H10N2O3S. The standard InChI is InChI=1S/C6H10N2O3S/c1-3-5-4(2-12(3,10)11)7-6(9)8-5/h3-5H,2H2,1H3,(H2,7,8,9)/t3-,4-,5+/m0/s1. The number of carbonyl (C=O) groups excluding carboxylic acids is 1. The number of hydrogen-bond donors (Lipinski definition) is 2. The molecule has 0 aliphatic carbocycles. The van der Waals surface area contributed by atoms with Crippen LogP contribution < -0.4 is 10.6 Å². The van der Waals surface area contributed by atoms with Crippen molar-refractivity contribution >= 4 is 15.9 Å². The highest BCUT2D eigenvalue weighted by Crippen LogP contribution is 2.23. The second-order valence-corrected chi connectivity index (χ2v) is 5.69. The van der Waals surface area contributed by atoms with E-state index in [4.69, 9.17) is 0 Å². The van der Waals surface area contributed by atoms with E-state index in [0.717, 1.165) is 0 Å². The van der Waals surface area contributed by atoms with Crippen molar-refractivity contribution in [3.05, 3.63) is 0 Å². The van der Waals surface area contributed by atoms with Crippen LogP contribution in [-0.4, -0.2) is 37.5 Å². The molecule has 0 bridgehead atoms. The summed E-state index contributed by atoms with van der Waals surface area (Å²) in [6.07, 6.45) is 0. The van der Waals surface area contributed by atoms with E-state index in [2.05, 4.69) is 10.6 Å². The molecular weight excluding hydrogens is 180 g/mol. The molecule has 0 unspecified atom stereocenters. The van der Waals surface area contributed by atoms with Gasteiger partial charge in [-0.25, -0.2) is 13.2 Å². The molecule has 0 aromatic rings. The lowest BCUT2D eigenvalue weighted by atomic mass is 10.1. The Kier molecular flexibility index (Phi) is 1.39. The largest absolute Gasteiger partial charge is 0.332 e. The van der Waals surface area contributed by atoms with Crippen LogP contribution >= 0.6 is 0 Å². The average molecular weight is 190 g/mol. The predicted molar refractivity (Wildman–Crippen MR) is 42.5 cm³/mol. The Morgan fingerprint density at radius 2 is 2.08 bits per heavy atom. The molecule has 5 nitrogen and oxygen atoms in total. The van der Waals surface area contributed by atoms with E-state index in [1.807, 2.05) is 0 Å². The minimum Gasteiger partial charge on any atom is -0.332 e. The highest BCUT2D eigenvalue weighted by Gasteiger charge is 2.49. The third kappa shape index (κ3) is 0.906. The SMILES string of the molecule is C[C@H]1[C@H]2NC(=O)N[C@H]2CS1(=O)=O. The van der Waals surface area contributed by atoms with E-state index in [1.54, 1.807) is 6.92 Å². The maximum Gasteiger partial charge on any atom is 0.315 e. The van der Waals surface area contributed by atoms with Crippen molar-refractivity contribution in [2.75, 3.05) is 5.75 Å². The van der Waals surface area contributed by atoms with Crippen LogP contribution in [0.4, 0.5) is 4.79 Å². The summed E-state index contributed by atoms with van der Waals surface area (Å²) in [4.78, 5) is 10.8. The van der Waals surface area contributed by atoms with Crippen molar-refractivity contribution in [3.8, 4) is 0 Å². The number of amides is 2. The van der Waals surface area contributed by atoms with Crippen LogP contribution in [0.1, 0.15) is 6.92 Å². The molecule has 2 heterocycles. The summed E-state index contributed by atoms with van der Waals surface area (Å²) in [5.74, 6) is 0.0670. The molecule has 2 amide bonds. The van der Waals surface area contributed by atoms with Gasteiger partial charge >= 0.3 is 6.03 Å². The van der Waals surface area contributed by atoms with Crippen molar-refractivity contribution in [2.24, 2.45) is 0 Å². The molecule has 2 saturated heterocycles. The van der Waals surface area contributed by atoms with E-state index in [0.29, 0.717) is 0 Å². The third-order valence-electron chi connectivity index (χ3n) is 2.53. The fourth-order valence-corrected chi connectivity index (χ4v) is 3.57. The molecule has 2 N–H and O–H groups in total. The fraction of sp³-hybridized carbons (Fsp3) is 0.833. The van der Waals surface area contributed by atoms with Gasteiger partial charge in [-0.15, -0.1) is 0 Å². The zero-order valence-corrected chi connectivity index (χ0v) is 7.39. The lowest BCUT2D eigenvalue weighted by Crippen LogP contribution is -2.36. The predicted octanol–water partition coefficient (Wildman–Crippen LogP) is -1.15. The lowest BCUT2D eigenvalue weighted by Gasteiger charge is -2.09. The van der Waals surface area contributed by atoms with Gasteiger partial charge in [0.05, 0.1) is 23.1 Å². The quantitative estimate of drug-likeness (QED) is 0.474. The first kappa shape index (κ1) is 7.85. The Hall–Kier alpha value is -0.780. The zero-order valence-electron chi connectivity index (χ0n) is 6.57. The normalized spacial score (nSPS) is 43.4. The third-order valence-corrected chi connectivity index (χ3v) is 4.78. The number of rotatable bonds is 0. The van der Waals surface area contributed by atoms with Crippen LogP contribution in [0.2, 0.25) is 0 Å². The fourth-order valence-electron chi connectivity index (χ4n) is 1.77. The molecule has 68 valence electrons. The molecule has 0 radical (unpaired) electrons. The van der Waals surface area contributed by atoms with Gasteiger partial charge < -0.3 is 10.6 Å². The molecule has 0 spiro atoms. The van der Waals surface area contributed by atoms with E-state index < -0.39 is 15.1 Å². The smallest absolute Gasteiger partial charge is 0.315 e. The second-order valence-electron chi connectivity index (χ2n) is 3.28. The highest BCUT2D eigenvalue weighted by atomic mass is 32.2. The number of nitrogens with one attached hydrogen (secondary N) is 2. The monoisotopic (exact) mass is 190 g/mol. The minimum atomic E-state index is -2.98. The van der Waals surface area contributed by atoms with Gasteiger partial charge in [0.2, 0.25) is 0 Å². The summed E-state index contributed by atoms with van der Waals surface area (Å²) in [5.41, 5.74) is 0. The first-order valence-corrected chi connectivity index (χ1v) is 5.51. The second kappa shape index (κ2) is 2.12. The number of sulfone groups is 1. The highest BCUT2D eigenvalue weighted by molar-refractivity contribution is 7.92. The van der Waals surface area contributed by atoms with Crippen LogP contribution in [-0.2, 0) is 9.84 Å². The molecule has 2 rings (SSSR count). The van der Waals surface area contributed by atoms with Crippen LogP contribution in [0, 0.1) is 0 Å². The van der Waals surface area contributed by atoms with Crippen molar-refractivity contribution < 1.29 is 13.2 Å². The van der Waals surface area contributed by atoms with Gasteiger partial charge in [-0.05, 0) is 6.92 Å². The molecule has 3 atom stereocenters. The molecule has 2 aliphatic heterocycles. The van der Waals surface area contributed by atoms with Gasteiger partial charge in [0.15, 0.2) is 9.84 Å². The summed E-state index contributed by atoms with van der Waals surface area (Å²) < 4.78 is 22.6. The van der Waals surface area contributed by atoms with Crippen molar-refractivity contribution in [3.63, 3.8) is 0 Å². The van der Waals surface area contributed by atoms with Gasteiger partial charge in [-0.2, -0.15) is 0 Å². The maximum atomic E-state index is 11.3. The van der Waals surface area contributed by atoms with E-state index in [1.165, 1.54) is 0 Å². The van der Waals surface area contributed by atoms with Gasteiger partial charge in [0.25, 0.3) is 0 Å². The van der Waals surface area contributed by atoms with Crippen LogP contribution in [0.3, 0.4) is 0 Å². The number of urea groups is 1. The number of carbonyl (C=O) groups is 1. The average Bonchev–Trinajstić information content (AvgIpc) is 2.35. The number of hydrogen-bond acceptors (Lipinski definition) is 3. The zero-order chi connectivity index (χ0) is 8.93. The van der Waals surface area contributed by atoms with E-state index in [9.17, 15) is 13.2 Å². The van der Waals surface area contributed by atoms with Crippen LogP contribution in [0.25, 0.3) is 0 Å².